The van der Waals surface area contributed by atoms with Crippen LogP contribution in [0.25, 0.3) is 66.4 Å². The van der Waals surface area contributed by atoms with Gasteiger partial charge in [0.15, 0.2) is 0 Å². The van der Waals surface area contributed by atoms with E-state index >= 15 is 0 Å². The average molecular weight is 719 g/mol. The number of para-hydroxylation sites is 1. The molecule has 2 aliphatic carbocycles. The summed E-state index contributed by atoms with van der Waals surface area (Å²) in [5.74, 6) is 0. The van der Waals surface area contributed by atoms with Crippen LogP contribution in [0, 0.1) is 0 Å². The van der Waals surface area contributed by atoms with Gasteiger partial charge in [-0.05, 0) is 118 Å². The third-order valence-corrected chi connectivity index (χ3v) is 11.5. The highest BCUT2D eigenvalue weighted by molar-refractivity contribution is 6.10. The number of anilines is 1. The Morgan fingerprint density at radius 1 is 0.518 bits per heavy atom. The predicted molar refractivity (Wildman–Crippen MR) is 239 cm³/mol. The van der Waals surface area contributed by atoms with Crippen LogP contribution in [-0.2, 0) is 0 Å². The molecule has 56 heavy (non-hydrogen) atoms. The molecule has 0 fully saturated rings. The Labute approximate surface area is 329 Å². The minimum absolute atomic E-state index is 0.211. The van der Waals surface area contributed by atoms with Crippen molar-refractivity contribution in [1.29, 1.82) is 0 Å². The number of hydrogen-bond acceptors (Lipinski definition) is 1. The number of hydrogen-bond donors (Lipinski definition) is 0. The summed E-state index contributed by atoms with van der Waals surface area (Å²) in [5, 5.41) is 2.49. The Bertz CT molecular complexity index is 2820. The molecule has 0 radical (unpaired) electrons. The van der Waals surface area contributed by atoms with Crippen molar-refractivity contribution in [3.05, 3.63) is 224 Å². The van der Waals surface area contributed by atoms with Crippen LogP contribution in [0.2, 0.25) is 0 Å². The summed E-state index contributed by atoms with van der Waals surface area (Å²) in [6.45, 7) is 4.53. The van der Waals surface area contributed by atoms with E-state index in [1.807, 2.05) is 0 Å². The summed E-state index contributed by atoms with van der Waals surface area (Å²) < 4.78 is 2.40. The lowest BCUT2D eigenvalue weighted by atomic mass is 9.91. The second-order valence-electron chi connectivity index (χ2n) is 14.9. The molecule has 2 heterocycles. The summed E-state index contributed by atoms with van der Waals surface area (Å²) in [4.78, 5) is 2.42. The van der Waals surface area contributed by atoms with Crippen LogP contribution < -0.4 is 4.90 Å². The molecule has 1 aromatic heterocycles. The highest BCUT2D eigenvalue weighted by atomic mass is 15.1. The number of allylic oxidation sites excluding steroid dienone is 10. The SMILES string of the molecule is C=C1/C=C\C=C/N(C2C=C(C3=CCCC=C3)C=CC2)c2ccc(-c3ccc4c(c3)c3ccccc3n4-c3ccc(-c4ccc(-c5ccccc5)cc4)cc3)cc21. The molecule has 0 bridgehead atoms. The summed E-state index contributed by atoms with van der Waals surface area (Å²) in [5.41, 5.74) is 16.8. The minimum Gasteiger partial charge on any atom is -0.340 e. The second-order valence-corrected chi connectivity index (χ2v) is 14.9. The fraction of sp³-hybridized carbons (Fsp3) is 0.0741. The molecule has 0 spiro atoms. The first-order valence-corrected chi connectivity index (χ1v) is 19.7. The zero-order valence-electron chi connectivity index (χ0n) is 31.4. The first-order chi connectivity index (χ1) is 27.7. The first-order valence-electron chi connectivity index (χ1n) is 19.7. The lowest BCUT2D eigenvalue weighted by Crippen LogP contribution is -2.31. The van der Waals surface area contributed by atoms with Crippen molar-refractivity contribution in [1.82, 2.24) is 4.57 Å². The summed E-state index contributed by atoms with van der Waals surface area (Å²) in [6, 6.07) is 51.2. The number of aromatic nitrogens is 1. The molecule has 0 N–H and O–H groups in total. The van der Waals surface area contributed by atoms with E-state index in [9.17, 15) is 0 Å². The van der Waals surface area contributed by atoms with Gasteiger partial charge in [0.2, 0.25) is 0 Å². The van der Waals surface area contributed by atoms with Crippen molar-refractivity contribution < 1.29 is 0 Å². The monoisotopic (exact) mass is 718 g/mol. The normalized spacial score (nSPS) is 17.6. The Kier molecular flexibility index (Phi) is 8.65. The zero-order chi connectivity index (χ0) is 37.4. The molecule has 1 aliphatic heterocycles. The van der Waals surface area contributed by atoms with Crippen LogP contribution in [0.1, 0.15) is 24.8 Å². The van der Waals surface area contributed by atoms with Gasteiger partial charge in [0.05, 0.1) is 17.1 Å². The molecule has 2 heteroatoms. The van der Waals surface area contributed by atoms with Gasteiger partial charge >= 0.3 is 0 Å². The van der Waals surface area contributed by atoms with Gasteiger partial charge in [-0.25, -0.2) is 0 Å². The number of fused-ring (bicyclic) bond motifs is 4. The lowest BCUT2D eigenvalue weighted by molar-refractivity contribution is 0.772. The van der Waals surface area contributed by atoms with Gasteiger partial charge in [0.1, 0.15) is 0 Å². The smallest absolute Gasteiger partial charge is 0.0560 e. The molecule has 10 rings (SSSR count). The number of nitrogens with zero attached hydrogens (tertiary/aromatic N) is 2. The van der Waals surface area contributed by atoms with Gasteiger partial charge in [-0.1, -0.05) is 152 Å². The maximum absolute atomic E-state index is 4.53. The van der Waals surface area contributed by atoms with Crippen molar-refractivity contribution >= 4 is 33.1 Å². The molecule has 0 amide bonds. The first kappa shape index (κ1) is 33.7. The van der Waals surface area contributed by atoms with Crippen molar-refractivity contribution in [3.8, 4) is 39.1 Å². The molecule has 268 valence electrons. The van der Waals surface area contributed by atoms with Crippen LogP contribution in [0.4, 0.5) is 5.69 Å². The molecule has 3 aliphatic rings. The van der Waals surface area contributed by atoms with Gasteiger partial charge in [0, 0.05) is 33.9 Å². The molecule has 2 nitrogen and oxygen atoms in total. The average Bonchev–Trinajstić information content (AvgIpc) is 3.60. The Morgan fingerprint density at radius 3 is 1.96 bits per heavy atom. The highest BCUT2D eigenvalue weighted by Crippen LogP contribution is 2.39. The van der Waals surface area contributed by atoms with Gasteiger partial charge in [0.25, 0.3) is 0 Å². The third-order valence-electron chi connectivity index (χ3n) is 11.5. The van der Waals surface area contributed by atoms with Crippen LogP contribution in [0.3, 0.4) is 0 Å². The van der Waals surface area contributed by atoms with E-state index in [4.69, 9.17) is 0 Å². The van der Waals surface area contributed by atoms with Crippen molar-refractivity contribution in [3.63, 3.8) is 0 Å². The maximum atomic E-state index is 4.53. The fourth-order valence-electron chi connectivity index (χ4n) is 8.57. The Hall–Kier alpha value is -6.90. The van der Waals surface area contributed by atoms with E-state index in [0.29, 0.717) is 0 Å². The predicted octanol–water partition coefficient (Wildman–Crippen LogP) is 14.2. The quantitative estimate of drug-likeness (QED) is 0.166. The number of rotatable bonds is 6. The fourth-order valence-corrected chi connectivity index (χ4v) is 8.57. The summed E-state index contributed by atoms with van der Waals surface area (Å²) in [6.07, 6.45) is 25.7. The maximum Gasteiger partial charge on any atom is 0.0560 e. The Morgan fingerprint density at radius 2 is 1.18 bits per heavy atom. The van der Waals surface area contributed by atoms with Gasteiger partial charge < -0.3 is 9.47 Å². The topological polar surface area (TPSA) is 8.17 Å². The van der Waals surface area contributed by atoms with Crippen molar-refractivity contribution in [2.75, 3.05) is 4.90 Å². The van der Waals surface area contributed by atoms with E-state index in [2.05, 4.69) is 216 Å². The van der Waals surface area contributed by atoms with E-state index in [1.165, 1.54) is 72.0 Å². The van der Waals surface area contributed by atoms with E-state index in [1.54, 1.807) is 0 Å². The second kappa shape index (κ2) is 14.4. The third kappa shape index (κ3) is 6.20. The van der Waals surface area contributed by atoms with Crippen molar-refractivity contribution in [2.24, 2.45) is 0 Å². The lowest BCUT2D eigenvalue weighted by Gasteiger charge is -2.33. The Balaban J connectivity index is 0.990. The molecule has 7 aromatic rings. The molecule has 1 atom stereocenters. The van der Waals surface area contributed by atoms with Crippen LogP contribution >= 0.6 is 0 Å². The summed E-state index contributed by atoms with van der Waals surface area (Å²) in [7, 11) is 0. The van der Waals surface area contributed by atoms with Crippen LogP contribution in [0.15, 0.2) is 218 Å². The van der Waals surface area contributed by atoms with Crippen LogP contribution in [0.5, 0.6) is 0 Å². The molecule has 0 saturated heterocycles. The zero-order valence-corrected chi connectivity index (χ0v) is 31.4. The molecular weight excluding hydrogens is 677 g/mol. The molecule has 6 aromatic carbocycles. The standard InChI is InChI=1S/C54H42N2/c1-38-13-10-11-34-55(48-19-12-18-44(35-48)40-16-6-3-7-17-40)52-32-28-45(36-50(38)52)46-29-33-54-51(37-46)49-20-8-9-21-53(49)56(54)47-30-26-43(27-31-47)42-24-22-41(23-25-42)39-14-4-2-5-15-39/h2,4-6,8-18,20-37,48H,1,3,7,19H2/b13-10-,34-11-. The molecule has 0 saturated carbocycles. The van der Waals surface area contributed by atoms with Gasteiger partial charge in [-0.15, -0.1) is 0 Å². The van der Waals surface area contributed by atoms with E-state index in [-0.39, 0.29) is 6.04 Å². The summed E-state index contributed by atoms with van der Waals surface area (Å²) >= 11 is 0. The van der Waals surface area contributed by atoms with E-state index in [0.717, 1.165) is 36.1 Å². The molecule has 1 unspecified atom stereocenters. The van der Waals surface area contributed by atoms with Crippen molar-refractivity contribution in [2.45, 2.75) is 25.3 Å². The van der Waals surface area contributed by atoms with E-state index < -0.39 is 0 Å². The molecular formula is C54H42N2. The van der Waals surface area contributed by atoms with Gasteiger partial charge in [-0.3, -0.25) is 0 Å². The van der Waals surface area contributed by atoms with Gasteiger partial charge in [-0.2, -0.15) is 0 Å². The largest absolute Gasteiger partial charge is 0.340 e. The van der Waals surface area contributed by atoms with Crippen LogP contribution in [-0.4, -0.2) is 10.6 Å². The highest BCUT2D eigenvalue weighted by Gasteiger charge is 2.22. The minimum atomic E-state index is 0.211. The number of benzene rings is 6.